The van der Waals surface area contributed by atoms with Gasteiger partial charge in [0.1, 0.15) is 5.82 Å². The Bertz CT molecular complexity index is 1630. The summed E-state index contributed by atoms with van der Waals surface area (Å²) in [7, 11) is -3.25. The monoisotopic (exact) mass is 532 g/mol. The SMILES string of the molecule is Cc1nn(C2CCS(=O)(=O)C2)c2nc(-c3ccc(F)cc3)cc(C(=O)Nc3cccc(C(F)(F)F)c3)c12. The van der Waals surface area contributed by atoms with Gasteiger partial charge >= 0.3 is 6.18 Å². The number of benzene rings is 2. The second kappa shape index (κ2) is 8.94. The molecule has 0 radical (unpaired) electrons. The number of pyridine rings is 1. The summed E-state index contributed by atoms with van der Waals surface area (Å²) in [4.78, 5) is 18.0. The molecule has 0 spiro atoms. The second-order valence-corrected chi connectivity index (χ2v) is 11.1. The Morgan fingerprint density at radius 2 is 1.84 bits per heavy atom. The molecule has 2 aromatic carbocycles. The van der Waals surface area contributed by atoms with Crippen LogP contribution in [0.15, 0.2) is 54.6 Å². The van der Waals surface area contributed by atoms with Gasteiger partial charge in [0.05, 0.1) is 45.4 Å². The molecule has 1 fully saturated rings. The number of anilines is 1. The lowest BCUT2D eigenvalue weighted by Gasteiger charge is -2.13. The number of carbonyl (C=O) groups excluding carboxylic acids is 1. The average molecular weight is 533 g/mol. The predicted molar refractivity (Wildman–Crippen MR) is 129 cm³/mol. The average Bonchev–Trinajstić information content (AvgIpc) is 3.37. The molecule has 7 nitrogen and oxygen atoms in total. The molecule has 1 amide bonds. The second-order valence-electron chi connectivity index (χ2n) is 8.88. The first-order chi connectivity index (χ1) is 17.4. The lowest BCUT2D eigenvalue weighted by Crippen LogP contribution is -2.15. The van der Waals surface area contributed by atoms with Crippen molar-refractivity contribution in [3.63, 3.8) is 0 Å². The van der Waals surface area contributed by atoms with E-state index in [2.05, 4.69) is 15.4 Å². The number of sulfone groups is 1. The number of carbonyl (C=O) groups is 1. The Kier molecular flexibility index (Phi) is 6.01. The van der Waals surface area contributed by atoms with E-state index in [9.17, 15) is 30.8 Å². The molecule has 5 rings (SSSR count). The van der Waals surface area contributed by atoms with Gasteiger partial charge in [0.25, 0.3) is 5.91 Å². The van der Waals surface area contributed by atoms with Gasteiger partial charge < -0.3 is 5.32 Å². The summed E-state index contributed by atoms with van der Waals surface area (Å²) in [5, 5.41) is 7.34. The Morgan fingerprint density at radius 3 is 2.49 bits per heavy atom. The van der Waals surface area contributed by atoms with Crippen LogP contribution in [0.2, 0.25) is 0 Å². The van der Waals surface area contributed by atoms with Crippen molar-refractivity contribution < 1.29 is 30.8 Å². The number of aryl methyl sites for hydroxylation is 1. The summed E-state index contributed by atoms with van der Waals surface area (Å²) >= 11 is 0. The van der Waals surface area contributed by atoms with Crippen LogP contribution < -0.4 is 5.32 Å². The molecule has 1 aliphatic heterocycles. The van der Waals surface area contributed by atoms with E-state index in [1.807, 2.05) is 0 Å². The Balaban J connectivity index is 1.64. The zero-order chi connectivity index (χ0) is 26.5. The molecule has 3 heterocycles. The van der Waals surface area contributed by atoms with Crippen LogP contribution in [0.1, 0.15) is 34.1 Å². The molecule has 0 bridgehead atoms. The molecular formula is C25H20F4N4O3S. The Morgan fingerprint density at radius 1 is 1.11 bits per heavy atom. The van der Waals surface area contributed by atoms with Crippen LogP contribution >= 0.6 is 0 Å². The van der Waals surface area contributed by atoms with Crippen molar-refractivity contribution in [2.75, 3.05) is 16.8 Å². The minimum absolute atomic E-state index is 0.00138. The van der Waals surface area contributed by atoms with E-state index >= 15 is 0 Å². The standard InChI is InChI=1S/C25H20F4N4O3S/c1-14-22-20(24(34)30-18-4-2-3-16(11-18)25(27,28)29)12-21(15-5-7-17(26)8-6-15)31-23(22)33(32-14)19-9-10-37(35,36)13-19/h2-8,11-12,19H,9-10,13H2,1H3,(H,30,34). The van der Waals surface area contributed by atoms with Gasteiger partial charge in [-0.15, -0.1) is 0 Å². The molecule has 192 valence electrons. The van der Waals surface area contributed by atoms with Crippen molar-refractivity contribution in [3.05, 3.63) is 77.2 Å². The van der Waals surface area contributed by atoms with E-state index < -0.39 is 39.3 Å². The first-order valence-corrected chi connectivity index (χ1v) is 13.1. The quantitative estimate of drug-likeness (QED) is 0.366. The highest BCUT2D eigenvalue weighted by Gasteiger charge is 2.33. The van der Waals surface area contributed by atoms with E-state index in [1.54, 1.807) is 6.92 Å². The van der Waals surface area contributed by atoms with Crippen molar-refractivity contribution in [1.29, 1.82) is 0 Å². The number of hydrogen-bond acceptors (Lipinski definition) is 5. The van der Waals surface area contributed by atoms with Crippen LogP contribution in [0.4, 0.5) is 23.2 Å². The Hall–Kier alpha value is -3.80. The molecule has 37 heavy (non-hydrogen) atoms. The highest BCUT2D eigenvalue weighted by atomic mass is 32.2. The number of alkyl halides is 3. The van der Waals surface area contributed by atoms with Crippen LogP contribution in [0.5, 0.6) is 0 Å². The summed E-state index contributed by atoms with van der Waals surface area (Å²) in [6, 6.07) is 10.6. The minimum Gasteiger partial charge on any atom is -0.322 e. The van der Waals surface area contributed by atoms with Gasteiger partial charge in [-0.05, 0) is 61.9 Å². The first-order valence-electron chi connectivity index (χ1n) is 11.3. The summed E-state index contributed by atoms with van der Waals surface area (Å²) in [6.45, 7) is 1.64. The smallest absolute Gasteiger partial charge is 0.322 e. The minimum atomic E-state index is -4.58. The summed E-state index contributed by atoms with van der Waals surface area (Å²) in [5.74, 6) is -1.29. The van der Waals surface area contributed by atoms with Crippen LogP contribution in [-0.2, 0) is 16.0 Å². The molecule has 0 aliphatic carbocycles. The number of amides is 1. The number of nitrogens with one attached hydrogen (secondary N) is 1. The molecule has 1 aliphatic rings. The molecule has 4 aromatic rings. The van der Waals surface area contributed by atoms with Crippen LogP contribution in [-0.4, -0.2) is 40.6 Å². The van der Waals surface area contributed by atoms with E-state index in [-0.39, 0.29) is 28.4 Å². The summed E-state index contributed by atoms with van der Waals surface area (Å²) < 4.78 is 78.7. The van der Waals surface area contributed by atoms with Crippen molar-refractivity contribution in [1.82, 2.24) is 14.8 Å². The maximum Gasteiger partial charge on any atom is 0.416 e. The summed E-state index contributed by atoms with van der Waals surface area (Å²) in [6.07, 6.45) is -4.26. The lowest BCUT2D eigenvalue weighted by molar-refractivity contribution is -0.137. The van der Waals surface area contributed by atoms with Gasteiger partial charge in [-0.3, -0.25) is 4.79 Å². The topological polar surface area (TPSA) is 93.9 Å². The third-order valence-electron chi connectivity index (χ3n) is 6.22. The molecule has 12 heteroatoms. The number of rotatable bonds is 4. The van der Waals surface area contributed by atoms with E-state index in [1.165, 1.54) is 47.1 Å². The van der Waals surface area contributed by atoms with Crippen molar-refractivity contribution in [2.45, 2.75) is 25.6 Å². The fourth-order valence-corrected chi connectivity index (χ4v) is 6.15. The molecule has 2 aromatic heterocycles. The first kappa shape index (κ1) is 24.9. The van der Waals surface area contributed by atoms with Crippen molar-refractivity contribution in [3.8, 4) is 11.3 Å². The molecule has 1 saturated heterocycles. The van der Waals surface area contributed by atoms with Gasteiger partial charge in [-0.1, -0.05) is 6.07 Å². The predicted octanol–water partition coefficient (Wildman–Crippen LogP) is 5.18. The normalized spacial score (nSPS) is 17.3. The van der Waals surface area contributed by atoms with Crippen LogP contribution in [0, 0.1) is 12.7 Å². The van der Waals surface area contributed by atoms with Gasteiger partial charge in [0, 0.05) is 11.3 Å². The number of halogens is 4. The number of nitrogens with zero attached hydrogens (tertiary/aromatic N) is 3. The molecule has 1 unspecified atom stereocenters. The largest absolute Gasteiger partial charge is 0.416 e. The number of fused-ring (bicyclic) bond motifs is 1. The molecule has 1 atom stereocenters. The maximum atomic E-state index is 13.5. The lowest BCUT2D eigenvalue weighted by atomic mass is 10.0. The number of aromatic nitrogens is 3. The van der Waals surface area contributed by atoms with E-state index in [4.69, 9.17) is 0 Å². The van der Waals surface area contributed by atoms with E-state index in [0.29, 0.717) is 28.8 Å². The van der Waals surface area contributed by atoms with E-state index in [0.717, 1.165) is 12.1 Å². The van der Waals surface area contributed by atoms with Crippen LogP contribution in [0.25, 0.3) is 22.3 Å². The Labute approximate surface area is 209 Å². The zero-order valence-electron chi connectivity index (χ0n) is 19.4. The van der Waals surface area contributed by atoms with Crippen LogP contribution in [0.3, 0.4) is 0 Å². The summed E-state index contributed by atoms with van der Waals surface area (Å²) in [5.41, 5.74) is 0.571. The molecule has 0 saturated carbocycles. The van der Waals surface area contributed by atoms with Crippen molar-refractivity contribution >= 4 is 32.5 Å². The fraction of sp³-hybridized carbons (Fsp3) is 0.240. The zero-order valence-corrected chi connectivity index (χ0v) is 20.2. The fourth-order valence-electron chi connectivity index (χ4n) is 4.46. The van der Waals surface area contributed by atoms with Gasteiger partial charge in [-0.25, -0.2) is 22.5 Å². The van der Waals surface area contributed by atoms with Gasteiger partial charge in [0.2, 0.25) is 0 Å². The van der Waals surface area contributed by atoms with Crippen molar-refractivity contribution in [2.24, 2.45) is 0 Å². The highest BCUT2D eigenvalue weighted by molar-refractivity contribution is 7.91. The molecular weight excluding hydrogens is 512 g/mol. The maximum absolute atomic E-state index is 13.5. The third kappa shape index (κ3) is 4.93. The van der Waals surface area contributed by atoms with Gasteiger partial charge in [0.15, 0.2) is 15.5 Å². The third-order valence-corrected chi connectivity index (χ3v) is 7.97. The van der Waals surface area contributed by atoms with Gasteiger partial charge in [-0.2, -0.15) is 18.3 Å². The highest BCUT2D eigenvalue weighted by Crippen LogP contribution is 2.34. The molecule has 1 N–H and O–H groups in total. The number of hydrogen-bond donors (Lipinski definition) is 1.